The fourth-order valence-corrected chi connectivity index (χ4v) is 2.65. The van der Waals surface area contributed by atoms with Crippen molar-refractivity contribution in [1.29, 1.82) is 0 Å². The summed E-state index contributed by atoms with van der Waals surface area (Å²) in [6.45, 7) is 1.77. The van der Waals surface area contributed by atoms with Gasteiger partial charge in [0.15, 0.2) is 0 Å². The van der Waals surface area contributed by atoms with Crippen LogP contribution >= 0.6 is 22.9 Å². The number of halogens is 1. The van der Waals surface area contributed by atoms with Gasteiger partial charge in [-0.15, -0.1) is 11.3 Å². The molecule has 1 unspecified atom stereocenters. The first-order valence-electron chi connectivity index (χ1n) is 4.42. The highest BCUT2D eigenvalue weighted by molar-refractivity contribution is 7.84. The average Bonchev–Trinajstić information content (AvgIpc) is 2.50. The molecule has 14 heavy (non-hydrogen) atoms. The van der Waals surface area contributed by atoms with Gasteiger partial charge in [0.25, 0.3) is 0 Å². The molecular weight excluding hydrogens is 238 g/mol. The molecular formula is C9H14ClNOS2. The van der Waals surface area contributed by atoms with E-state index in [2.05, 4.69) is 5.32 Å². The van der Waals surface area contributed by atoms with Crippen molar-refractivity contribution in [1.82, 2.24) is 5.32 Å². The van der Waals surface area contributed by atoms with E-state index in [9.17, 15) is 4.21 Å². The normalized spacial score (nSPS) is 13.0. The zero-order valence-corrected chi connectivity index (χ0v) is 10.5. The molecule has 0 spiro atoms. The molecule has 0 aliphatic carbocycles. The summed E-state index contributed by atoms with van der Waals surface area (Å²) in [6.07, 6.45) is 2.70. The van der Waals surface area contributed by atoms with E-state index in [-0.39, 0.29) is 0 Å². The molecule has 1 N–H and O–H groups in total. The Labute approximate surface area is 96.1 Å². The molecule has 0 radical (unpaired) electrons. The minimum atomic E-state index is -0.668. The molecule has 0 saturated carbocycles. The molecule has 80 valence electrons. The van der Waals surface area contributed by atoms with Crippen LogP contribution in [0.25, 0.3) is 0 Å². The van der Waals surface area contributed by atoms with E-state index in [0.717, 1.165) is 30.3 Å². The first kappa shape index (κ1) is 12.2. The van der Waals surface area contributed by atoms with Crippen molar-refractivity contribution in [3.8, 4) is 0 Å². The van der Waals surface area contributed by atoms with Crippen LogP contribution in [0.5, 0.6) is 0 Å². The zero-order valence-electron chi connectivity index (χ0n) is 8.09. The molecule has 0 saturated heterocycles. The van der Waals surface area contributed by atoms with Gasteiger partial charge in [0, 0.05) is 39.6 Å². The maximum absolute atomic E-state index is 10.7. The highest BCUT2D eigenvalue weighted by atomic mass is 35.5. The highest BCUT2D eigenvalue weighted by Crippen LogP contribution is 2.18. The van der Waals surface area contributed by atoms with E-state index in [4.69, 9.17) is 11.6 Å². The number of rotatable bonds is 6. The molecule has 0 fully saturated rings. The molecule has 0 bridgehead atoms. The second-order valence-corrected chi connectivity index (χ2v) is 6.03. The molecule has 1 atom stereocenters. The first-order valence-corrected chi connectivity index (χ1v) is 7.40. The third-order valence-corrected chi connectivity index (χ3v) is 3.85. The van der Waals surface area contributed by atoms with Crippen molar-refractivity contribution in [3.63, 3.8) is 0 Å². The minimum absolute atomic E-state index is 0.668. The predicted octanol–water partition coefficient (Wildman–Crippen LogP) is 2.26. The van der Waals surface area contributed by atoms with E-state index in [1.807, 2.05) is 11.4 Å². The number of hydrogen-bond donors (Lipinski definition) is 1. The van der Waals surface area contributed by atoms with Crippen molar-refractivity contribution in [2.45, 2.75) is 13.0 Å². The summed E-state index contributed by atoms with van der Waals surface area (Å²) in [5.74, 6) is 0.776. The zero-order chi connectivity index (χ0) is 10.4. The summed E-state index contributed by atoms with van der Waals surface area (Å²) in [5.41, 5.74) is 0. The second kappa shape index (κ2) is 6.56. The Bertz CT molecular complexity index is 301. The lowest BCUT2D eigenvalue weighted by Gasteiger charge is -2.01. The van der Waals surface area contributed by atoms with E-state index in [1.165, 1.54) is 4.88 Å². The Balaban J connectivity index is 2.07. The van der Waals surface area contributed by atoms with Gasteiger partial charge in [-0.3, -0.25) is 4.21 Å². The van der Waals surface area contributed by atoms with Crippen LogP contribution in [0.1, 0.15) is 11.3 Å². The van der Waals surface area contributed by atoms with Gasteiger partial charge in [-0.2, -0.15) is 0 Å². The molecule has 1 heterocycles. The average molecular weight is 252 g/mol. The van der Waals surface area contributed by atoms with Crippen molar-refractivity contribution in [3.05, 3.63) is 21.3 Å². The Hall–Kier alpha value is 0.1000. The Morgan fingerprint density at radius 2 is 2.43 bits per heavy atom. The summed E-state index contributed by atoms with van der Waals surface area (Å²) in [7, 11) is -0.668. The van der Waals surface area contributed by atoms with Gasteiger partial charge in [-0.25, -0.2) is 0 Å². The lowest BCUT2D eigenvalue weighted by atomic mass is 10.4. The summed E-state index contributed by atoms with van der Waals surface area (Å²) in [6, 6.07) is 1.97. The summed E-state index contributed by atoms with van der Waals surface area (Å²) in [5, 5.41) is 6.02. The molecule has 1 aromatic rings. The van der Waals surface area contributed by atoms with Crippen LogP contribution in [0.2, 0.25) is 5.02 Å². The second-order valence-electron chi connectivity index (χ2n) is 3.04. The maximum atomic E-state index is 10.7. The van der Waals surface area contributed by atoms with E-state index in [0.29, 0.717) is 0 Å². The van der Waals surface area contributed by atoms with Crippen LogP contribution in [0.15, 0.2) is 11.4 Å². The minimum Gasteiger partial charge on any atom is -0.312 e. The molecule has 1 rings (SSSR count). The Morgan fingerprint density at radius 3 is 3.00 bits per heavy atom. The topological polar surface area (TPSA) is 29.1 Å². The molecule has 5 heteroatoms. The monoisotopic (exact) mass is 251 g/mol. The Kier molecular flexibility index (Phi) is 5.70. The molecule has 0 aliphatic heterocycles. The van der Waals surface area contributed by atoms with Crippen LogP contribution in [-0.2, 0) is 17.3 Å². The molecule has 0 amide bonds. The van der Waals surface area contributed by atoms with E-state index in [1.54, 1.807) is 17.6 Å². The molecule has 0 aliphatic rings. The van der Waals surface area contributed by atoms with Crippen molar-refractivity contribution < 1.29 is 4.21 Å². The van der Waals surface area contributed by atoms with Gasteiger partial charge in [0.1, 0.15) is 0 Å². The van der Waals surface area contributed by atoms with Gasteiger partial charge in [-0.1, -0.05) is 11.6 Å². The predicted molar refractivity (Wildman–Crippen MR) is 64.6 cm³/mol. The van der Waals surface area contributed by atoms with Crippen molar-refractivity contribution in [2.24, 2.45) is 0 Å². The third-order valence-electron chi connectivity index (χ3n) is 1.71. The van der Waals surface area contributed by atoms with Gasteiger partial charge in [-0.05, 0) is 19.0 Å². The number of hydrogen-bond acceptors (Lipinski definition) is 3. The SMILES string of the molecule is CS(=O)CCCNCc1cc(Cl)cs1. The number of nitrogens with one attached hydrogen (secondary N) is 1. The van der Waals surface area contributed by atoms with Crippen LogP contribution < -0.4 is 5.32 Å². The Morgan fingerprint density at radius 1 is 1.64 bits per heavy atom. The third kappa shape index (κ3) is 5.10. The van der Waals surface area contributed by atoms with E-state index < -0.39 is 10.8 Å². The largest absolute Gasteiger partial charge is 0.312 e. The molecule has 2 nitrogen and oxygen atoms in total. The molecule has 1 aromatic heterocycles. The van der Waals surface area contributed by atoms with Crippen molar-refractivity contribution >= 4 is 33.7 Å². The summed E-state index contributed by atoms with van der Waals surface area (Å²) >= 11 is 7.44. The number of thiophene rings is 1. The van der Waals surface area contributed by atoms with E-state index >= 15 is 0 Å². The van der Waals surface area contributed by atoms with Crippen molar-refractivity contribution in [2.75, 3.05) is 18.6 Å². The fourth-order valence-electron chi connectivity index (χ4n) is 1.06. The lowest BCUT2D eigenvalue weighted by Crippen LogP contribution is -2.15. The maximum Gasteiger partial charge on any atom is 0.0516 e. The summed E-state index contributed by atoms with van der Waals surface area (Å²) in [4.78, 5) is 1.24. The van der Waals surface area contributed by atoms with Gasteiger partial charge in [0.2, 0.25) is 0 Å². The van der Waals surface area contributed by atoms with Crippen LogP contribution in [0.3, 0.4) is 0 Å². The smallest absolute Gasteiger partial charge is 0.0516 e. The quantitative estimate of drug-likeness (QED) is 0.786. The van der Waals surface area contributed by atoms with Crippen LogP contribution in [-0.4, -0.2) is 22.8 Å². The van der Waals surface area contributed by atoms with Gasteiger partial charge >= 0.3 is 0 Å². The van der Waals surface area contributed by atoms with Crippen LogP contribution in [0.4, 0.5) is 0 Å². The summed E-state index contributed by atoms with van der Waals surface area (Å²) < 4.78 is 10.7. The first-order chi connectivity index (χ1) is 6.68. The van der Waals surface area contributed by atoms with Gasteiger partial charge in [0.05, 0.1) is 5.02 Å². The van der Waals surface area contributed by atoms with Gasteiger partial charge < -0.3 is 5.32 Å². The standard InChI is InChI=1S/C9H14ClNOS2/c1-14(12)4-2-3-11-6-9-5-8(10)7-13-9/h5,7,11H,2-4,6H2,1H3. The lowest BCUT2D eigenvalue weighted by molar-refractivity contribution is 0.665. The molecule has 0 aromatic carbocycles. The van der Waals surface area contributed by atoms with Crippen LogP contribution in [0, 0.1) is 0 Å². The fraction of sp³-hybridized carbons (Fsp3) is 0.556. The highest BCUT2D eigenvalue weighted by Gasteiger charge is 1.97.